The molecule has 0 atom stereocenters. The number of hydrogen-bond donors (Lipinski definition) is 1. The lowest BCUT2D eigenvalue weighted by atomic mass is 10.2. The number of aryl methyl sites for hydroxylation is 1. The lowest BCUT2D eigenvalue weighted by molar-refractivity contribution is 0.112. The van der Waals surface area contributed by atoms with Crippen LogP contribution in [0.15, 0.2) is 34.9 Å². The quantitative estimate of drug-likeness (QED) is 0.624. The molecule has 0 aliphatic carbocycles. The summed E-state index contributed by atoms with van der Waals surface area (Å²) < 4.78 is 5.49. The number of nitrogens with two attached hydrogens (primary N) is 1. The molecule has 0 unspecified atom stereocenters. The summed E-state index contributed by atoms with van der Waals surface area (Å²) in [5, 5.41) is 7.92. The first-order valence-electron chi connectivity index (χ1n) is 8.38. The predicted octanol–water partition coefficient (Wildman–Crippen LogP) is 1.80. The van der Waals surface area contributed by atoms with Gasteiger partial charge in [0.05, 0.1) is 5.56 Å². The van der Waals surface area contributed by atoms with Crippen LogP contribution in [-0.4, -0.2) is 53.6 Å². The molecule has 0 amide bonds. The molecule has 1 aromatic carbocycles. The summed E-state index contributed by atoms with van der Waals surface area (Å²) in [5.74, 6) is 1.67. The van der Waals surface area contributed by atoms with Crippen LogP contribution in [-0.2, 0) is 0 Å². The standard InChI is InChI=1S/C18H21N7O2/c1-12-22-23-17(27-12)13-5-4-6-15(9-13)24(2)7-8-25(3)16-14(11-26)10-20-18(19)21-16/h4-6,9-11H,7-8H2,1-3H3,(H2,19,20,21). The molecule has 0 saturated heterocycles. The minimum absolute atomic E-state index is 0.137. The number of nitrogens with zero attached hydrogens (tertiary/aromatic N) is 6. The van der Waals surface area contributed by atoms with E-state index in [4.69, 9.17) is 10.2 Å². The van der Waals surface area contributed by atoms with Gasteiger partial charge in [0.2, 0.25) is 17.7 Å². The Hall–Kier alpha value is -3.49. The number of benzene rings is 1. The average molecular weight is 367 g/mol. The molecule has 9 nitrogen and oxygen atoms in total. The van der Waals surface area contributed by atoms with Gasteiger partial charge in [0.1, 0.15) is 5.82 Å². The van der Waals surface area contributed by atoms with Crippen LogP contribution in [0.2, 0.25) is 0 Å². The Morgan fingerprint density at radius 3 is 2.67 bits per heavy atom. The number of carbonyl (C=O) groups excluding carboxylic acids is 1. The maximum atomic E-state index is 11.2. The van der Waals surface area contributed by atoms with Crippen LogP contribution in [0.1, 0.15) is 16.2 Å². The van der Waals surface area contributed by atoms with Gasteiger partial charge in [-0.2, -0.15) is 4.98 Å². The summed E-state index contributed by atoms with van der Waals surface area (Å²) in [6.45, 7) is 3.10. The van der Waals surface area contributed by atoms with Crippen molar-refractivity contribution < 1.29 is 9.21 Å². The molecular formula is C18H21N7O2. The van der Waals surface area contributed by atoms with Gasteiger partial charge >= 0.3 is 0 Å². The van der Waals surface area contributed by atoms with E-state index in [2.05, 4.69) is 25.1 Å². The highest BCUT2D eigenvalue weighted by Gasteiger charge is 2.12. The Morgan fingerprint density at radius 1 is 1.19 bits per heavy atom. The molecule has 140 valence electrons. The minimum Gasteiger partial charge on any atom is -0.421 e. The van der Waals surface area contributed by atoms with Gasteiger partial charge in [-0.25, -0.2) is 4.98 Å². The molecule has 2 N–H and O–H groups in total. The van der Waals surface area contributed by atoms with E-state index in [1.54, 1.807) is 6.92 Å². The molecule has 0 aliphatic heterocycles. The molecule has 0 radical (unpaired) electrons. The van der Waals surface area contributed by atoms with E-state index in [9.17, 15) is 4.79 Å². The highest BCUT2D eigenvalue weighted by molar-refractivity contribution is 5.82. The Morgan fingerprint density at radius 2 is 1.96 bits per heavy atom. The molecule has 0 fully saturated rings. The van der Waals surface area contributed by atoms with Gasteiger partial charge < -0.3 is 20.0 Å². The second-order valence-electron chi connectivity index (χ2n) is 6.14. The Kier molecular flexibility index (Phi) is 5.30. The molecule has 3 aromatic rings. The first-order chi connectivity index (χ1) is 13.0. The fourth-order valence-corrected chi connectivity index (χ4v) is 2.61. The summed E-state index contributed by atoms with van der Waals surface area (Å²) in [6.07, 6.45) is 2.16. The normalized spacial score (nSPS) is 10.6. The van der Waals surface area contributed by atoms with Gasteiger partial charge in [-0.1, -0.05) is 6.07 Å². The number of carbonyl (C=O) groups is 1. The van der Waals surface area contributed by atoms with E-state index in [-0.39, 0.29) is 5.95 Å². The Labute approximate surface area is 156 Å². The molecule has 0 saturated carbocycles. The summed E-state index contributed by atoms with van der Waals surface area (Å²) in [4.78, 5) is 23.2. The molecule has 2 heterocycles. The molecule has 27 heavy (non-hydrogen) atoms. The van der Waals surface area contributed by atoms with Gasteiger partial charge in [-0.3, -0.25) is 4.79 Å². The zero-order valence-electron chi connectivity index (χ0n) is 15.5. The number of nitrogen functional groups attached to an aromatic ring is 1. The third-order valence-electron chi connectivity index (χ3n) is 4.13. The number of aromatic nitrogens is 4. The first-order valence-corrected chi connectivity index (χ1v) is 8.38. The Balaban J connectivity index is 1.70. The first kappa shape index (κ1) is 18.3. The third-order valence-corrected chi connectivity index (χ3v) is 4.13. The van der Waals surface area contributed by atoms with E-state index < -0.39 is 0 Å². The van der Waals surface area contributed by atoms with Crippen LogP contribution in [0.4, 0.5) is 17.5 Å². The van der Waals surface area contributed by atoms with Crippen molar-refractivity contribution in [2.45, 2.75) is 6.92 Å². The van der Waals surface area contributed by atoms with Crippen molar-refractivity contribution in [3.05, 3.63) is 41.9 Å². The monoisotopic (exact) mass is 367 g/mol. The smallest absolute Gasteiger partial charge is 0.247 e. The molecule has 0 spiro atoms. The van der Waals surface area contributed by atoms with Gasteiger partial charge in [0.15, 0.2) is 6.29 Å². The van der Waals surface area contributed by atoms with Crippen molar-refractivity contribution >= 4 is 23.7 Å². The van der Waals surface area contributed by atoms with Crippen LogP contribution >= 0.6 is 0 Å². The van der Waals surface area contributed by atoms with Crippen molar-refractivity contribution in [2.75, 3.05) is 42.7 Å². The maximum absolute atomic E-state index is 11.2. The number of likely N-dealkylation sites (N-methyl/N-ethyl adjacent to an activating group) is 2. The van der Waals surface area contributed by atoms with Crippen molar-refractivity contribution in [3.8, 4) is 11.5 Å². The largest absolute Gasteiger partial charge is 0.421 e. The highest BCUT2D eigenvalue weighted by atomic mass is 16.4. The fourth-order valence-electron chi connectivity index (χ4n) is 2.61. The molecule has 2 aromatic heterocycles. The number of hydrogen-bond acceptors (Lipinski definition) is 9. The molecule has 9 heteroatoms. The van der Waals surface area contributed by atoms with Crippen LogP contribution in [0.5, 0.6) is 0 Å². The van der Waals surface area contributed by atoms with Crippen LogP contribution in [0.3, 0.4) is 0 Å². The van der Waals surface area contributed by atoms with Crippen LogP contribution in [0, 0.1) is 6.92 Å². The van der Waals surface area contributed by atoms with E-state index in [1.165, 1.54) is 6.20 Å². The van der Waals surface area contributed by atoms with E-state index >= 15 is 0 Å². The van der Waals surface area contributed by atoms with Crippen LogP contribution in [0.25, 0.3) is 11.5 Å². The van der Waals surface area contributed by atoms with E-state index in [0.717, 1.165) is 17.5 Å². The van der Waals surface area contributed by atoms with Crippen molar-refractivity contribution in [2.24, 2.45) is 0 Å². The Bertz CT molecular complexity index is 941. The topological polar surface area (TPSA) is 114 Å². The van der Waals surface area contributed by atoms with Crippen molar-refractivity contribution in [3.63, 3.8) is 0 Å². The second-order valence-corrected chi connectivity index (χ2v) is 6.14. The molecule has 3 rings (SSSR count). The lowest BCUT2D eigenvalue weighted by Crippen LogP contribution is -2.32. The van der Waals surface area contributed by atoms with Gasteiger partial charge in [0, 0.05) is 51.6 Å². The van der Waals surface area contributed by atoms with Gasteiger partial charge in [0.25, 0.3) is 0 Å². The summed E-state index contributed by atoms with van der Waals surface area (Å²) in [7, 11) is 3.85. The molecule has 0 aliphatic rings. The van der Waals surface area contributed by atoms with E-state index in [1.807, 2.05) is 43.3 Å². The summed E-state index contributed by atoms with van der Waals surface area (Å²) in [6, 6.07) is 7.87. The highest BCUT2D eigenvalue weighted by Crippen LogP contribution is 2.23. The molecular weight excluding hydrogens is 346 g/mol. The van der Waals surface area contributed by atoms with Crippen molar-refractivity contribution in [1.29, 1.82) is 0 Å². The predicted molar refractivity (Wildman–Crippen MR) is 103 cm³/mol. The lowest BCUT2D eigenvalue weighted by Gasteiger charge is -2.25. The zero-order chi connectivity index (χ0) is 19.4. The number of rotatable bonds is 7. The maximum Gasteiger partial charge on any atom is 0.247 e. The fraction of sp³-hybridized carbons (Fsp3) is 0.278. The number of anilines is 3. The molecule has 0 bridgehead atoms. The minimum atomic E-state index is 0.137. The SMILES string of the molecule is Cc1nnc(-c2cccc(N(C)CCN(C)c3nc(N)ncc3C=O)c2)o1. The van der Waals surface area contributed by atoms with Gasteiger partial charge in [-0.15, -0.1) is 10.2 Å². The van der Waals surface area contributed by atoms with E-state index in [0.29, 0.717) is 36.3 Å². The van der Waals surface area contributed by atoms with Crippen molar-refractivity contribution in [1.82, 2.24) is 20.2 Å². The zero-order valence-corrected chi connectivity index (χ0v) is 15.5. The van der Waals surface area contributed by atoms with Gasteiger partial charge in [-0.05, 0) is 18.2 Å². The summed E-state index contributed by atoms with van der Waals surface area (Å²) in [5.41, 5.74) is 7.92. The second kappa shape index (κ2) is 7.81. The van der Waals surface area contributed by atoms with Crippen LogP contribution < -0.4 is 15.5 Å². The average Bonchev–Trinajstić information content (AvgIpc) is 3.12. The summed E-state index contributed by atoms with van der Waals surface area (Å²) >= 11 is 0. The third kappa shape index (κ3) is 4.20. The number of aldehydes is 1.